The smallest absolute Gasteiger partial charge is 0.276 e. The molecule has 0 unspecified atom stereocenters. The highest BCUT2D eigenvalue weighted by Crippen LogP contribution is 2.17. The van der Waals surface area contributed by atoms with Crippen LogP contribution in [0.1, 0.15) is 20.9 Å². The molecule has 0 bridgehead atoms. The second-order valence-electron chi connectivity index (χ2n) is 4.77. The molecule has 1 amide bonds. The Kier molecular flexibility index (Phi) is 4.15. The van der Waals surface area contributed by atoms with Crippen LogP contribution in [-0.4, -0.2) is 21.3 Å². The summed E-state index contributed by atoms with van der Waals surface area (Å²) < 4.78 is 0. The van der Waals surface area contributed by atoms with E-state index in [1.165, 1.54) is 5.56 Å². The standard InChI is InChI=1S/C15H15N5OS/c1-10-4-6-11(7-5-10)17-14-13(18-20-19-14)15(21)16-9-12-3-2-8-22-12/h2-8H,9H2,1H3,(H,16,21)(H2,17,18,19,20). The molecule has 0 aliphatic heterocycles. The number of carbonyl (C=O) groups excluding carboxylic acids is 1. The molecule has 3 rings (SSSR count). The molecule has 0 radical (unpaired) electrons. The third-order valence-electron chi connectivity index (χ3n) is 3.08. The van der Waals surface area contributed by atoms with Gasteiger partial charge in [-0.15, -0.1) is 21.5 Å². The SMILES string of the molecule is Cc1ccc(Nc2n[nH]nc2C(=O)NCc2cccs2)cc1. The maximum absolute atomic E-state index is 12.2. The van der Waals surface area contributed by atoms with Crippen molar-refractivity contribution in [1.29, 1.82) is 0 Å². The van der Waals surface area contributed by atoms with Crippen molar-refractivity contribution >= 4 is 28.7 Å². The van der Waals surface area contributed by atoms with E-state index < -0.39 is 0 Å². The van der Waals surface area contributed by atoms with Gasteiger partial charge in [0.1, 0.15) is 0 Å². The van der Waals surface area contributed by atoms with Crippen molar-refractivity contribution in [3.8, 4) is 0 Å². The molecule has 2 aromatic heterocycles. The van der Waals surface area contributed by atoms with Crippen LogP contribution in [0.4, 0.5) is 11.5 Å². The molecule has 7 heteroatoms. The van der Waals surface area contributed by atoms with Gasteiger partial charge < -0.3 is 10.6 Å². The molecule has 2 heterocycles. The number of H-pyrrole nitrogens is 1. The van der Waals surface area contributed by atoms with E-state index in [1.807, 2.05) is 48.7 Å². The van der Waals surface area contributed by atoms with Gasteiger partial charge >= 0.3 is 0 Å². The van der Waals surface area contributed by atoms with Crippen LogP contribution in [0, 0.1) is 6.92 Å². The highest BCUT2D eigenvalue weighted by Gasteiger charge is 2.16. The first-order valence-corrected chi connectivity index (χ1v) is 7.65. The predicted molar refractivity (Wildman–Crippen MR) is 86.3 cm³/mol. The molecule has 0 aliphatic carbocycles. The highest BCUT2D eigenvalue weighted by atomic mass is 32.1. The summed E-state index contributed by atoms with van der Waals surface area (Å²) in [6.45, 7) is 2.50. The van der Waals surface area contributed by atoms with Gasteiger partial charge in [0, 0.05) is 10.6 Å². The van der Waals surface area contributed by atoms with Crippen LogP contribution in [0.3, 0.4) is 0 Å². The Morgan fingerprint density at radius 1 is 1.23 bits per heavy atom. The summed E-state index contributed by atoms with van der Waals surface area (Å²) in [6.07, 6.45) is 0. The van der Waals surface area contributed by atoms with E-state index in [9.17, 15) is 4.79 Å². The number of hydrogen-bond acceptors (Lipinski definition) is 5. The summed E-state index contributed by atoms with van der Waals surface area (Å²) in [6, 6.07) is 11.7. The number of benzene rings is 1. The maximum Gasteiger partial charge on any atom is 0.276 e. The number of aryl methyl sites for hydroxylation is 1. The van der Waals surface area contributed by atoms with Crippen LogP contribution < -0.4 is 10.6 Å². The molecule has 0 fully saturated rings. The summed E-state index contributed by atoms with van der Waals surface area (Å²) in [7, 11) is 0. The van der Waals surface area contributed by atoms with Gasteiger partial charge in [0.2, 0.25) is 0 Å². The minimum atomic E-state index is -0.267. The molecular weight excluding hydrogens is 298 g/mol. The number of aromatic amines is 1. The van der Waals surface area contributed by atoms with Crippen molar-refractivity contribution in [3.63, 3.8) is 0 Å². The molecule has 0 aliphatic rings. The number of anilines is 2. The van der Waals surface area contributed by atoms with Gasteiger partial charge in [-0.3, -0.25) is 4.79 Å². The molecular formula is C15H15N5OS. The van der Waals surface area contributed by atoms with Crippen LogP contribution >= 0.6 is 11.3 Å². The lowest BCUT2D eigenvalue weighted by Crippen LogP contribution is -2.23. The van der Waals surface area contributed by atoms with Crippen LogP contribution in [0.5, 0.6) is 0 Å². The van der Waals surface area contributed by atoms with E-state index in [4.69, 9.17) is 0 Å². The summed E-state index contributed by atoms with van der Waals surface area (Å²) >= 11 is 1.60. The van der Waals surface area contributed by atoms with Crippen LogP contribution in [0.2, 0.25) is 0 Å². The first kappa shape index (κ1) is 14.3. The van der Waals surface area contributed by atoms with Crippen molar-refractivity contribution in [2.75, 3.05) is 5.32 Å². The fourth-order valence-corrected chi connectivity index (χ4v) is 2.56. The average Bonchev–Trinajstić information content (AvgIpc) is 3.18. The third kappa shape index (κ3) is 3.32. The van der Waals surface area contributed by atoms with E-state index in [1.54, 1.807) is 11.3 Å². The minimum absolute atomic E-state index is 0.247. The fourth-order valence-electron chi connectivity index (χ4n) is 1.91. The van der Waals surface area contributed by atoms with E-state index in [0.717, 1.165) is 10.6 Å². The molecule has 0 spiro atoms. The molecule has 0 saturated carbocycles. The molecule has 3 N–H and O–H groups in total. The number of thiophene rings is 1. The lowest BCUT2D eigenvalue weighted by atomic mass is 10.2. The van der Waals surface area contributed by atoms with E-state index in [-0.39, 0.29) is 11.6 Å². The normalized spacial score (nSPS) is 10.4. The van der Waals surface area contributed by atoms with Gasteiger partial charge in [-0.25, -0.2) is 0 Å². The van der Waals surface area contributed by atoms with Crippen molar-refractivity contribution in [3.05, 3.63) is 57.9 Å². The monoisotopic (exact) mass is 313 g/mol. The number of nitrogens with zero attached hydrogens (tertiary/aromatic N) is 2. The maximum atomic E-state index is 12.2. The zero-order valence-corrected chi connectivity index (χ0v) is 12.8. The fraction of sp³-hybridized carbons (Fsp3) is 0.133. The second-order valence-corrected chi connectivity index (χ2v) is 5.81. The Hall–Kier alpha value is -2.67. The first-order chi connectivity index (χ1) is 10.7. The highest BCUT2D eigenvalue weighted by molar-refractivity contribution is 7.09. The number of hydrogen-bond donors (Lipinski definition) is 3. The largest absolute Gasteiger partial charge is 0.346 e. The Labute approximate surface area is 131 Å². The number of carbonyl (C=O) groups is 1. The molecule has 0 saturated heterocycles. The van der Waals surface area contributed by atoms with Crippen LogP contribution in [0.25, 0.3) is 0 Å². The van der Waals surface area contributed by atoms with Crippen LogP contribution in [-0.2, 0) is 6.54 Å². The molecule has 0 atom stereocenters. The number of amides is 1. The summed E-state index contributed by atoms with van der Waals surface area (Å²) in [5, 5.41) is 18.3. The average molecular weight is 313 g/mol. The van der Waals surface area contributed by atoms with Crippen molar-refractivity contribution in [2.24, 2.45) is 0 Å². The van der Waals surface area contributed by atoms with E-state index in [0.29, 0.717) is 12.4 Å². The third-order valence-corrected chi connectivity index (χ3v) is 3.96. The second kappa shape index (κ2) is 6.40. The predicted octanol–water partition coefficient (Wildman–Crippen LogP) is 2.85. The Balaban J connectivity index is 1.68. The summed E-state index contributed by atoms with van der Waals surface area (Å²) in [5.74, 6) is 0.143. The van der Waals surface area contributed by atoms with E-state index >= 15 is 0 Å². The van der Waals surface area contributed by atoms with Gasteiger partial charge in [-0.05, 0) is 30.5 Å². The summed E-state index contributed by atoms with van der Waals surface area (Å²) in [4.78, 5) is 13.3. The van der Waals surface area contributed by atoms with Gasteiger partial charge in [-0.2, -0.15) is 5.21 Å². The molecule has 112 valence electrons. The number of aromatic nitrogens is 3. The molecule has 22 heavy (non-hydrogen) atoms. The molecule has 6 nitrogen and oxygen atoms in total. The van der Waals surface area contributed by atoms with Gasteiger partial charge in [0.15, 0.2) is 11.5 Å². The minimum Gasteiger partial charge on any atom is -0.346 e. The molecule has 3 aromatic rings. The van der Waals surface area contributed by atoms with Crippen LogP contribution in [0.15, 0.2) is 41.8 Å². The number of rotatable bonds is 5. The molecule has 1 aromatic carbocycles. The Morgan fingerprint density at radius 2 is 2.05 bits per heavy atom. The van der Waals surface area contributed by atoms with Crippen molar-refractivity contribution < 1.29 is 4.79 Å². The topological polar surface area (TPSA) is 82.7 Å². The van der Waals surface area contributed by atoms with Crippen molar-refractivity contribution in [2.45, 2.75) is 13.5 Å². The quantitative estimate of drug-likeness (QED) is 0.676. The number of nitrogens with one attached hydrogen (secondary N) is 3. The lowest BCUT2D eigenvalue weighted by molar-refractivity contribution is 0.0947. The Morgan fingerprint density at radius 3 is 2.77 bits per heavy atom. The zero-order chi connectivity index (χ0) is 15.4. The van der Waals surface area contributed by atoms with Gasteiger partial charge in [0.25, 0.3) is 5.91 Å². The van der Waals surface area contributed by atoms with Crippen molar-refractivity contribution in [1.82, 2.24) is 20.7 Å². The van der Waals surface area contributed by atoms with Gasteiger partial charge in [0.05, 0.1) is 6.54 Å². The summed E-state index contributed by atoms with van der Waals surface area (Å²) in [5.41, 5.74) is 2.27. The Bertz CT molecular complexity index is 749. The van der Waals surface area contributed by atoms with Gasteiger partial charge in [-0.1, -0.05) is 23.8 Å². The van der Waals surface area contributed by atoms with E-state index in [2.05, 4.69) is 26.0 Å². The first-order valence-electron chi connectivity index (χ1n) is 6.77. The zero-order valence-electron chi connectivity index (χ0n) is 12.0. The lowest BCUT2D eigenvalue weighted by Gasteiger charge is -2.06.